The molecule has 1 unspecified atom stereocenters. The Hall–Kier alpha value is -1.63. The number of amides is 1. The van der Waals surface area contributed by atoms with Crippen molar-refractivity contribution in [1.29, 1.82) is 0 Å². The summed E-state index contributed by atoms with van der Waals surface area (Å²) in [6, 6.07) is 0.168. The standard InChI is InChI=1S/C20H30N6O3S3/c1-5-18(27)25(15-6-7-15)19-22-24(20(30)31-19)12-23(4)10-17-13(2)21-26(14(17)3)16-8-9-32(28,29)11-16/h15-16H,5-12H2,1-4H3. The van der Waals surface area contributed by atoms with Gasteiger partial charge < -0.3 is 0 Å². The summed E-state index contributed by atoms with van der Waals surface area (Å²) in [5.74, 6) is 0.479. The molecule has 9 nitrogen and oxygen atoms in total. The van der Waals surface area contributed by atoms with Crippen LogP contribution in [-0.2, 0) is 27.8 Å². The first-order valence-electron chi connectivity index (χ1n) is 10.9. The van der Waals surface area contributed by atoms with Gasteiger partial charge in [0.15, 0.2) is 13.8 Å². The molecule has 0 radical (unpaired) electrons. The van der Waals surface area contributed by atoms with Crippen molar-refractivity contribution in [3.05, 3.63) is 20.9 Å². The smallest absolute Gasteiger partial charge is 0.228 e. The van der Waals surface area contributed by atoms with Gasteiger partial charge in [-0.2, -0.15) is 5.10 Å². The van der Waals surface area contributed by atoms with Gasteiger partial charge >= 0.3 is 0 Å². The molecule has 1 saturated carbocycles. The lowest BCUT2D eigenvalue weighted by Gasteiger charge is -2.19. The number of aromatic nitrogens is 4. The molecule has 0 aromatic carbocycles. The van der Waals surface area contributed by atoms with Crippen molar-refractivity contribution in [3.8, 4) is 0 Å². The van der Waals surface area contributed by atoms with Gasteiger partial charge in [-0.25, -0.2) is 13.1 Å². The Morgan fingerprint density at radius 1 is 1.25 bits per heavy atom. The van der Waals surface area contributed by atoms with Crippen molar-refractivity contribution >= 4 is 44.4 Å². The number of rotatable bonds is 8. The van der Waals surface area contributed by atoms with E-state index < -0.39 is 9.84 Å². The third-order valence-electron chi connectivity index (χ3n) is 6.12. The predicted octanol–water partition coefficient (Wildman–Crippen LogP) is 2.84. The third kappa shape index (κ3) is 4.82. The molecule has 1 saturated heterocycles. The molecule has 12 heteroatoms. The number of carbonyl (C=O) groups is 1. The van der Waals surface area contributed by atoms with E-state index in [1.165, 1.54) is 11.3 Å². The molecule has 32 heavy (non-hydrogen) atoms. The number of hydrogen-bond donors (Lipinski definition) is 0. The molecule has 0 spiro atoms. The lowest BCUT2D eigenvalue weighted by molar-refractivity contribution is -0.118. The molecule has 4 rings (SSSR count). The molecule has 2 fully saturated rings. The number of nitrogens with zero attached hydrogens (tertiary/aromatic N) is 6. The molecule has 1 aliphatic heterocycles. The van der Waals surface area contributed by atoms with Crippen LogP contribution in [0.1, 0.15) is 55.6 Å². The zero-order chi connectivity index (χ0) is 23.2. The number of aryl methyl sites for hydroxylation is 1. The predicted molar refractivity (Wildman–Crippen MR) is 127 cm³/mol. The van der Waals surface area contributed by atoms with E-state index in [0.717, 1.165) is 29.8 Å². The van der Waals surface area contributed by atoms with Crippen LogP contribution < -0.4 is 4.90 Å². The molecule has 1 aliphatic carbocycles. The quantitative estimate of drug-likeness (QED) is 0.517. The molecule has 2 aromatic rings. The zero-order valence-electron chi connectivity index (χ0n) is 18.9. The average Bonchev–Trinajstić information content (AvgIpc) is 3.32. The average molecular weight is 499 g/mol. The first-order valence-corrected chi connectivity index (χ1v) is 14.0. The Morgan fingerprint density at radius 2 is 1.97 bits per heavy atom. The minimum atomic E-state index is -2.97. The second-order valence-corrected chi connectivity index (χ2v) is 12.6. The monoisotopic (exact) mass is 498 g/mol. The van der Waals surface area contributed by atoms with E-state index in [2.05, 4.69) is 15.1 Å². The Labute approximate surface area is 197 Å². The number of hydrogen-bond acceptors (Lipinski definition) is 8. The summed E-state index contributed by atoms with van der Waals surface area (Å²) in [5.41, 5.74) is 3.02. The highest BCUT2D eigenvalue weighted by Gasteiger charge is 2.35. The molecule has 2 aliphatic rings. The molecular weight excluding hydrogens is 468 g/mol. The van der Waals surface area contributed by atoms with Gasteiger partial charge in [0.1, 0.15) is 0 Å². The van der Waals surface area contributed by atoms with Crippen molar-refractivity contribution in [1.82, 2.24) is 24.5 Å². The van der Waals surface area contributed by atoms with Gasteiger partial charge in [0, 0.05) is 30.3 Å². The van der Waals surface area contributed by atoms with Crippen LogP contribution in [0.5, 0.6) is 0 Å². The topological polar surface area (TPSA) is 93.3 Å². The van der Waals surface area contributed by atoms with Crippen LogP contribution in [0.4, 0.5) is 5.13 Å². The summed E-state index contributed by atoms with van der Waals surface area (Å²) < 4.78 is 28.1. The van der Waals surface area contributed by atoms with E-state index in [-0.39, 0.29) is 29.5 Å². The van der Waals surface area contributed by atoms with Gasteiger partial charge in [0.25, 0.3) is 0 Å². The highest BCUT2D eigenvalue weighted by molar-refractivity contribution is 7.91. The second kappa shape index (κ2) is 8.96. The first-order chi connectivity index (χ1) is 15.1. The van der Waals surface area contributed by atoms with Gasteiger partial charge in [-0.05, 0) is 52.4 Å². The van der Waals surface area contributed by atoms with E-state index in [1.54, 1.807) is 4.68 Å². The molecule has 2 aromatic heterocycles. The second-order valence-electron chi connectivity index (χ2n) is 8.80. The largest absolute Gasteiger partial charge is 0.284 e. The van der Waals surface area contributed by atoms with Crippen molar-refractivity contribution in [3.63, 3.8) is 0 Å². The summed E-state index contributed by atoms with van der Waals surface area (Å²) in [6.45, 7) is 6.98. The Bertz CT molecular complexity index is 1180. The summed E-state index contributed by atoms with van der Waals surface area (Å²) in [7, 11) is -0.975. The van der Waals surface area contributed by atoms with Gasteiger partial charge in [-0.15, -0.1) is 5.10 Å². The van der Waals surface area contributed by atoms with Crippen LogP contribution in [-0.4, -0.2) is 63.4 Å². The molecule has 3 heterocycles. The van der Waals surface area contributed by atoms with Gasteiger partial charge in [0.2, 0.25) is 11.0 Å². The summed E-state index contributed by atoms with van der Waals surface area (Å²) in [5, 5.41) is 10.00. The molecular formula is C20H30N6O3S3. The molecule has 1 atom stereocenters. The molecule has 1 amide bonds. The van der Waals surface area contributed by atoms with Crippen LogP contribution in [0, 0.1) is 17.8 Å². The van der Waals surface area contributed by atoms with Crippen LogP contribution in [0.3, 0.4) is 0 Å². The van der Waals surface area contributed by atoms with Crippen molar-refractivity contribution in [2.45, 2.75) is 71.8 Å². The lowest BCUT2D eigenvalue weighted by atomic mass is 10.2. The number of anilines is 1. The van der Waals surface area contributed by atoms with Crippen LogP contribution in [0.25, 0.3) is 0 Å². The normalized spacial score (nSPS) is 20.2. The maximum Gasteiger partial charge on any atom is 0.228 e. The summed E-state index contributed by atoms with van der Waals surface area (Å²) >= 11 is 6.92. The van der Waals surface area contributed by atoms with Gasteiger partial charge in [0.05, 0.1) is 29.9 Å². The Morgan fingerprint density at radius 3 is 2.56 bits per heavy atom. The zero-order valence-corrected chi connectivity index (χ0v) is 21.4. The minimum Gasteiger partial charge on any atom is -0.284 e. The number of sulfone groups is 1. The molecule has 0 bridgehead atoms. The SMILES string of the molecule is CCC(=O)N(c1nn(CN(C)Cc2c(C)nn(C3CCS(=O)(=O)C3)c2C)c(=S)s1)C1CC1. The fourth-order valence-electron chi connectivity index (χ4n) is 4.25. The van der Waals surface area contributed by atoms with E-state index in [0.29, 0.717) is 35.1 Å². The highest BCUT2D eigenvalue weighted by atomic mass is 32.2. The molecule has 176 valence electrons. The maximum atomic E-state index is 12.4. The van der Waals surface area contributed by atoms with Crippen molar-refractivity contribution < 1.29 is 13.2 Å². The van der Waals surface area contributed by atoms with Crippen LogP contribution in [0.15, 0.2) is 0 Å². The van der Waals surface area contributed by atoms with Gasteiger partial charge in [-0.3, -0.25) is 19.3 Å². The van der Waals surface area contributed by atoms with E-state index in [4.69, 9.17) is 12.2 Å². The van der Waals surface area contributed by atoms with Gasteiger partial charge in [-0.1, -0.05) is 18.3 Å². The van der Waals surface area contributed by atoms with Crippen molar-refractivity contribution in [2.75, 3.05) is 23.5 Å². The maximum absolute atomic E-state index is 12.4. The van der Waals surface area contributed by atoms with Crippen molar-refractivity contribution in [2.24, 2.45) is 0 Å². The summed E-state index contributed by atoms with van der Waals surface area (Å²) in [4.78, 5) is 16.3. The van der Waals surface area contributed by atoms with E-state index in [9.17, 15) is 13.2 Å². The lowest BCUT2D eigenvalue weighted by Crippen LogP contribution is -2.32. The fraction of sp³-hybridized carbons (Fsp3) is 0.700. The Balaban J connectivity index is 1.48. The van der Waals surface area contributed by atoms with E-state index >= 15 is 0 Å². The summed E-state index contributed by atoms with van der Waals surface area (Å²) in [6.07, 6.45) is 3.10. The molecule has 0 N–H and O–H groups in total. The van der Waals surface area contributed by atoms with E-state index in [1.807, 2.05) is 37.4 Å². The number of carbonyl (C=O) groups excluding carboxylic acids is 1. The third-order valence-corrected chi connectivity index (χ3v) is 9.17. The highest BCUT2D eigenvalue weighted by Crippen LogP contribution is 2.34. The first kappa shape index (κ1) is 23.5. The Kier molecular flexibility index (Phi) is 6.59. The fourth-order valence-corrected chi connectivity index (χ4v) is 7.11. The van der Waals surface area contributed by atoms with Crippen LogP contribution >= 0.6 is 23.6 Å². The van der Waals surface area contributed by atoms with Crippen LogP contribution in [0.2, 0.25) is 0 Å². The minimum absolute atomic E-state index is 0.0861.